The quantitative estimate of drug-likeness (QED) is 0.0344. The molecule has 10 rings (SSSR count). The fraction of sp³-hybridized carbons (Fsp3) is 0.241. The number of esters is 2. The Balaban J connectivity index is 0.685. The van der Waals surface area contributed by atoms with Gasteiger partial charge in [-0.15, -0.1) is 0 Å². The van der Waals surface area contributed by atoms with Crippen LogP contribution < -0.4 is 29.4 Å². The molecule has 3 aliphatic heterocycles. The number of ether oxygens (including phenoxy) is 4. The molecule has 0 radical (unpaired) electrons. The van der Waals surface area contributed by atoms with Gasteiger partial charge in [0.2, 0.25) is 0 Å². The first-order chi connectivity index (χ1) is 34.9. The molecule has 14 heteroatoms. The highest BCUT2D eigenvalue weighted by atomic mass is 19.1. The van der Waals surface area contributed by atoms with Crippen LogP contribution in [0.5, 0.6) is 28.7 Å². The first-order valence-corrected chi connectivity index (χ1v) is 24.2. The van der Waals surface area contributed by atoms with Crippen molar-refractivity contribution in [3.63, 3.8) is 0 Å². The number of aryl methyl sites for hydroxylation is 1. The second-order valence-corrected chi connectivity index (χ2v) is 18.4. The third-order valence-electron chi connectivity index (χ3n) is 13.3. The maximum Gasteiger partial charge on any atom is 0.359 e. The molecule has 364 valence electrons. The minimum absolute atomic E-state index is 0.136. The number of carbonyl (C=O) groups excluding carboxylic acids is 4. The fourth-order valence-corrected chi connectivity index (χ4v) is 9.72. The number of hydrogen-bond acceptors (Lipinski definition) is 11. The van der Waals surface area contributed by atoms with E-state index < -0.39 is 29.4 Å². The fourth-order valence-electron chi connectivity index (χ4n) is 9.72. The summed E-state index contributed by atoms with van der Waals surface area (Å²) < 4.78 is 40.7. The normalized spacial score (nSPS) is 15.9. The summed E-state index contributed by atoms with van der Waals surface area (Å²) in [5, 5.41) is 16.2. The lowest BCUT2D eigenvalue weighted by Gasteiger charge is -2.36. The summed E-state index contributed by atoms with van der Waals surface area (Å²) in [4.78, 5) is 57.5. The van der Waals surface area contributed by atoms with Crippen LogP contribution >= 0.6 is 0 Å². The lowest BCUT2D eigenvalue weighted by atomic mass is 9.77. The molecule has 2 atom stereocenters. The van der Waals surface area contributed by atoms with Crippen molar-refractivity contribution in [1.82, 2.24) is 10.3 Å². The van der Waals surface area contributed by atoms with Crippen molar-refractivity contribution in [2.75, 3.05) is 18.5 Å². The number of fused-ring (bicyclic) bond motifs is 7. The van der Waals surface area contributed by atoms with Crippen molar-refractivity contribution in [2.45, 2.75) is 76.9 Å². The number of benzene rings is 6. The Kier molecular flexibility index (Phi) is 13.2. The molecular formula is C58H52FN4O9+. The number of phenolic OH excluding ortho intramolecular Hbond substituents is 1. The maximum absolute atomic E-state index is 15.4. The summed E-state index contributed by atoms with van der Waals surface area (Å²) in [6.07, 6.45) is 7.70. The van der Waals surface area contributed by atoms with Crippen LogP contribution in [-0.2, 0) is 28.0 Å². The van der Waals surface area contributed by atoms with E-state index in [0.29, 0.717) is 81.7 Å². The second kappa shape index (κ2) is 20.1. The van der Waals surface area contributed by atoms with Crippen LogP contribution in [0.2, 0.25) is 0 Å². The van der Waals surface area contributed by atoms with E-state index in [4.69, 9.17) is 23.9 Å². The smallest absolute Gasteiger partial charge is 0.359 e. The molecule has 72 heavy (non-hydrogen) atoms. The Morgan fingerprint density at radius 2 is 1.57 bits per heavy atom. The first kappa shape index (κ1) is 47.3. The van der Waals surface area contributed by atoms with Gasteiger partial charge in [-0.05, 0) is 109 Å². The zero-order chi connectivity index (χ0) is 49.9. The van der Waals surface area contributed by atoms with Crippen molar-refractivity contribution in [3.8, 4) is 40.0 Å². The maximum atomic E-state index is 15.4. The number of nitrogens with one attached hydrogen (secondary N) is 2. The van der Waals surface area contributed by atoms with E-state index in [-0.39, 0.29) is 35.5 Å². The molecule has 0 bridgehead atoms. The number of aromatic nitrogens is 2. The van der Waals surface area contributed by atoms with E-state index in [9.17, 15) is 24.3 Å². The zero-order valence-electron chi connectivity index (χ0n) is 39.8. The molecule has 1 amide bonds. The highest BCUT2D eigenvalue weighted by molar-refractivity contribution is 6.00. The Hall–Kier alpha value is -8.39. The lowest BCUT2D eigenvalue weighted by Crippen LogP contribution is -2.44. The van der Waals surface area contributed by atoms with Gasteiger partial charge in [0.05, 0.1) is 12.2 Å². The van der Waals surface area contributed by atoms with Gasteiger partial charge in [0.15, 0.2) is 23.2 Å². The summed E-state index contributed by atoms with van der Waals surface area (Å²) in [7, 11) is 0. The predicted molar refractivity (Wildman–Crippen MR) is 265 cm³/mol. The molecule has 1 aromatic heterocycles. The van der Waals surface area contributed by atoms with Crippen molar-refractivity contribution in [1.29, 1.82) is 0 Å². The number of rotatable bonds is 17. The number of aromatic hydroxyl groups is 1. The van der Waals surface area contributed by atoms with E-state index >= 15 is 4.39 Å². The molecule has 4 heterocycles. The number of nitrogens with zero attached hydrogens (tertiary/aromatic N) is 2. The lowest BCUT2D eigenvalue weighted by molar-refractivity contribution is -0.552. The number of unbranched alkanes of at least 4 members (excludes halogenated alkanes) is 5. The molecule has 13 nitrogen and oxygen atoms in total. The van der Waals surface area contributed by atoms with Gasteiger partial charge in [0.25, 0.3) is 5.91 Å². The van der Waals surface area contributed by atoms with Crippen LogP contribution in [0.1, 0.15) is 110 Å². The summed E-state index contributed by atoms with van der Waals surface area (Å²) in [5.74, 6) is 0.0983. The van der Waals surface area contributed by atoms with Gasteiger partial charge in [-0.1, -0.05) is 74.2 Å². The van der Waals surface area contributed by atoms with Gasteiger partial charge in [-0.2, -0.15) is 4.57 Å². The Morgan fingerprint density at radius 1 is 0.819 bits per heavy atom. The van der Waals surface area contributed by atoms with E-state index in [1.54, 1.807) is 83.6 Å². The van der Waals surface area contributed by atoms with Gasteiger partial charge in [-0.3, -0.25) is 14.9 Å². The van der Waals surface area contributed by atoms with Gasteiger partial charge in [0, 0.05) is 60.2 Å². The number of phenols is 1. The summed E-state index contributed by atoms with van der Waals surface area (Å²) in [5.41, 5.74) is 5.70. The third-order valence-corrected chi connectivity index (χ3v) is 13.3. The van der Waals surface area contributed by atoms with Crippen LogP contribution in [-0.4, -0.2) is 53.0 Å². The summed E-state index contributed by atoms with van der Waals surface area (Å²) in [6, 6.07) is 36.3. The molecule has 7 aromatic rings. The predicted octanol–water partition coefficient (Wildman–Crippen LogP) is 10.1. The molecule has 3 N–H and O–H groups in total. The van der Waals surface area contributed by atoms with E-state index in [2.05, 4.69) is 10.6 Å². The van der Waals surface area contributed by atoms with Gasteiger partial charge >= 0.3 is 23.7 Å². The summed E-state index contributed by atoms with van der Waals surface area (Å²) >= 11 is 0. The number of anilines is 1. The number of amides is 1. The van der Waals surface area contributed by atoms with Crippen LogP contribution in [0, 0.1) is 12.7 Å². The van der Waals surface area contributed by atoms with Crippen LogP contribution in [0.4, 0.5) is 10.2 Å². The summed E-state index contributed by atoms with van der Waals surface area (Å²) in [6.45, 7) is 4.07. The molecule has 3 aliphatic rings. The van der Waals surface area contributed by atoms with Crippen LogP contribution in [0.25, 0.3) is 11.3 Å². The van der Waals surface area contributed by atoms with Gasteiger partial charge < -0.3 is 29.4 Å². The molecule has 0 saturated heterocycles. The van der Waals surface area contributed by atoms with Gasteiger partial charge in [-0.25, -0.2) is 19.0 Å². The molecule has 2 unspecified atom stereocenters. The second-order valence-electron chi connectivity index (χ2n) is 18.4. The average Bonchev–Trinajstić information content (AvgIpc) is 3.84. The molecule has 0 saturated carbocycles. The number of carbonyl (C=O) groups is 4. The van der Waals surface area contributed by atoms with E-state index in [0.717, 1.165) is 55.2 Å². The molecule has 1 spiro atoms. The van der Waals surface area contributed by atoms with Gasteiger partial charge in [0.1, 0.15) is 40.6 Å². The topological polar surface area (TPSA) is 166 Å². The first-order valence-electron chi connectivity index (χ1n) is 24.2. The Bertz CT molecular complexity index is 3250. The molecule has 6 aromatic carbocycles. The SMILES string of the molecule is CC(=O)Oc1ccc2c(c1)Oc1cc(C)ccc1C21OC(=O)c2ccc(C(=O)NCCCCCCCCOc3ccc(CC4Nc5c(Cc6ccccc6)nc(-c6ccc(O)cc6)c[n+]5C4=O)cc3F)cc21. The molecule has 0 aliphatic carbocycles. The highest BCUT2D eigenvalue weighted by Gasteiger charge is 2.54. The third kappa shape index (κ3) is 9.59. The minimum atomic E-state index is -1.39. The van der Waals surface area contributed by atoms with Crippen LogP contribution in [0.3, 0.4) is 0 Å². The molecular weight excluding hydrogens is 916 g/mol. The number of halogens is 1. The minimum Gasteiger partial charge on any atom is -0.508 e. The zero-order valence-corrected chi connectivity index (χ0v) is 39.8. The standard InChI is InChI=1S/C58H51FN4O9/c1-35-14-23-44-52(28-35)71-53-33-42(70-36(2)64)21-24-45(53)58(44)46-32-40(18-22-43(46)57(68)72-58)55(66)60-26-10-5-3-4-6-11-27-69-51-25-15-38(29-47(51)59)31-49-56(67)63-34-50(39-16-19-41(65)20-17-39)61-48(54(63)62-49)30-37-12-8-7-9-13-37/h7-9,12-25,28-29,32-34,49H,3-6,10-11,26-27,30-31H2,1-2H3,(H2,60,65,66)/p+1. The Labute approximate surface area is 415 Å². The Morgan fingerprint density at radius 3 is 2.35 bits per heavy atom. The van der Waals surface area contributed by atoms with Crippen LogP contribution in [0.15, 0.2) is 134 Å². The largest absolute Gasteiger partial charge is 0.508 e. The molecule has 0 fully saturated rings. The van der Waals surface area contributed by atoms with Crippen molar-refractivity contribution in [3.05, 3.63) is 190 Å². The van der Waals surface area contributed by atoms with E-state index in [1.807, 2.05) is 55.5 Å². The highest BCUT2D eigenvalue weighted by Crippen LogP contribution is 2.57. The van der Waals surface area contributed by atoms with Crippen molar-refractivity contribution in [2.24, 2.45) is 0 Å². The average molecular weight is 968 g/mol. The monoisotopic (exact) mass is 967 g/mol. The van der Waals surface area contributed by atoms with E-state index in [1.165, 1.54) is 13.0 Å². The van der Waals surface area contributed by atoms with Crippen molar-refractivity contribution >= 4 is 29.6 Å². The van der Waals surface area contributed by atoms with Crippen molar-refractivity contribution < 1.29 is 52.2 Å². The number of hydrogen-bond donors (Lipinski definition) is 3.